The van der Waals surface area contributed by atoms with Gasteiger partial charge in [-0.15, -0.1) is 0 Å². The second-order valence-electron chi connectivity index (χ2n) is 6.60. The lowest BCUT2D eigenvalue weighted by Gasteiger charge is -2.16. The van der Waals surface area contributed by atoms with Crippen molar-refractivity contribution in [1.82, 2.24) is 15.8 Å². The van der Waals surface area contributed by atoms with Crippen molar-refractivity contribution in [3.63, 3.8) is 0 Å². The average Bonchev–Trinajstić information content (AvgIpc) is 3.01. The lowest BCUT2D eigenvalue weighted by Crippen LogP contribution is -2.46. The predicted molar refractivity (Wildman–Crippen MR) is 98.0 cm³/mol. The van der Waals surface area contributed by atoms with Gasteiger partial charge in [0, 0.05) is 5.56 Å². The van der Waals surface area contributed by atoms with Gasteiger partial charge in [0.25, 0.3) is 5.91 Å². The number of aromatic nitrogens is 1. The topological polar surface area (TPSA) is 122 Å². The minimum Gasteiger partial charge on any atom is -0.480 e. The molecule has 2 amide bonds. The Hall–Kier alpha value is -3.16. The first-order valence-corrected chi connectivity index (χ1v) is 8.61. The quantitative estimate of drug-likeness (QED) is 0.651. The van der Waals surface area contributed by atoms with E-state index in [0.717, 1.165) is 0 Å². The van der Waals surface area contributed by atoms with Gasteiger partial charge in [0.2, 0.25) is 5.91 Å². The van der Waals surface area contributed by atoms with Crippen molar-refractivity contribution in [1.29, 1.82) is 0 Å². The van der Waals surface area contributed by atoms with Gasteiger partial charge in [-0.2, -0.15) is 0 Å². The van der Waals surface area contributed by atoms with Crippen LogP contribution in [0.15, 0.2) is 34.9 Å². The van der Waals surface area contributed by atoms with Crippen molar-refractivity contribution in [3.05, 3.63) is 41.7 Å². The van der Waals surface area contributed by atoms with E-state index in [1.807, 2.05) is 32.0 Å². The van der Waals surface area contributed by atoms with E-state index in [1.54, 1.807) is 19.1 Å². The Kier molecular flexibility index (Phi) is 6.70. The maximum atomic E-state index is 12.5. The highest BCUT2D eigenvalue weighted by atomic mass is 16.5. The number of nitrogens with zero attached hydrogens (tertiary/aromatic N) is 1. The zero-order chi connectivity index (χ0) is 20.0. The van der Waals surface area contributed by atoms with Crippen molar-refractivity contribution in [2.45, 2.75) is 33.2 Å². The number of benzene rings is 1. The summed E-state index contributed by atoms with van der Waals surface area (Å²) in [4.78, 5) is 35.8. The van der Waals surface area contributed by atoms with Gasteiger partial charge >= 0.3 is 5.97 Å². The molecule has 8 heteroatoms. The first-order valence-electron chi connectivity index (χ1n) is 8.61. The van der Waals surface area contributed by atoms with Gasteiger partial charge < -0.3 is 20.3 Å². The normalized spacial score (nSPS) is 11.9. The number of rotatable bonds is 8. The van der Waals surface area contributed by atoms with Gasteiger partial charge in [-0.1, -0.05) is 49.3 Å². The Morgan fingerprint density at radius 2 is 1.85 bits per heavy atom. The van der Waals surface area contributed by atoms with Crippen LogP contribution in [0.25, 0.3) is 11.3 Å². The molecule has 2 rings (SSSR count). The van der Waals surface area contributed by atoms with Crippen LogP contribution in [0.4, 0.5) is 0 Å². The van der Waals surface area contributed by atoms with E-state index < -0.39 is 23.8 Å². The van der Waals surface area contributed by atoms with Crippen LogP contribution < -0.4 is 10.6 Å². The minimum absolute atomic E-state index is 0.106. The highest BCUT2D eigenvalue weighted by molar-refractivity contribution is 6.02. The number of aryl methyl sites for hydroxylation is 1. The van der Waals surface area contributed by atoms with E-state index >= 15 is 0 Å². The van der Waals surface area contributed by atoms with E-state index in [0.29, 0.717) is 23.4 Å². The molecule has 0 saturated heterocycles. The molecule has 8 nitrogen and oxygen atoms in total. The van der Waals surface area contributed by atoms with Crippen LogP contribution >= 0.6 is 0 Å². The van der Waals surface area contributed by atoms with Crippen LogP contribution in [0.1, 0.15) is 36.4 Å². The molecule has 0 aliphatic rings. The molecule has 1 aromatic heterocycles. The number of nitrogens with one attached hydrogen (secondary N) is 2. The molecule has 2 aromatic rings. The molecule has 0 aliphatic heterocycles. The maximum absolute atomic E-state index is 12.5. The monoisotopic (exact) mass is 373 g/mol. The summed E-state index contributed by atoms with van der Waals surface area (Å²) >= 11 is 0. The van der Waals surface area contributed by atoms with Gasteiger partial charge in [-0.25, -0.2) is 4.79 Å². The van der Waals surface area contributed by atoms with Crippen molar-refractivity contribution in [3.8, 4) is 11.3 Å². The fourth-order valence-electron chi connectivity index (χ4n) is 2.62. The van der Waals surface area contributed by atoms with Crippen LogP contribution in [0.5, 0.6) is 0 Å². The summed E-state index contributed by atoms with van der Waals surface area (Å²) < 4.78 is 5.13. The number of carbonyl (C=O) groups excluding carboxylic acids is 2. The molecule has 0 fully saturated rings. The molecule has 0 bridgehead atoms. The molecule has 1 heterocycles. The standard InChI is InChI=1S/C19H23N3O5/c1-11(2)9-14(19(25)26)21-15(23)10-20-18(24)16-12(3)27-22-17(16)13-7-5-4-6-8-13/h4-8,11,14H,9-10H2,1-3H3,(H,20,24)(H,21,23)(H,25,26)/t14-/m0/s1. The number of carboxylic acid groups (broad SMARTS) is 1. The Bertz CT molecular complexity index is 814. The number of hydrogen-bond acceptors (Lipinski definition) is 5. The molecule has 0 aliphatic carbocycles. The number of hydrogen-bond donors (Lipinski definition) is 3. The zero-order valence-electron chi connectivity index (χ0n) is 15.5. The fraction of sp³-hybridized carbons (Fsp3) is 0.368. The SMILES string of the molecule is Cc1onc(-c2ccccc2)c1C(=O)NCC(=O)N[C@@H](CC(C)C)C(=O)O. The predicted octanol–water partition coefficient (Wildman–Crippen LogP) is 2.00. The fourth-order valence-corrected chi connectivity index (χ4v) is 2.62. The van der Waals surface area contributed by atoms with Crippen LogP contribution in [0.3, 0.4) is 0 Å². The van der Waals surface area contributed by atoms with Crippen molar-refractivity contribution in [2.75, 3.05) is 6.54 Å². The van der Waals surface area contributed by atoms with Crippen molar-refractivity contribution >= 4 is 17.8 Å². The molecule has 1 atom stereocenters. The molecule has 0 unspecified atom stereocenters. The second kappa shape index (κ2) is 8.98. The first-order chi connectivity index (χ1) is 12.8. The van der Waals surface area contributed by atoms with E-state index in [-0.39, 0.29) is 18.0 Å². The summed E-state index contributed by atoms with van der Waals surface area (Å²) in [5, 5.41) is 18.0. The maximum Gasteiger partial charge on any atom is 0.326 e. The average molecular weight is 373 g/mol. The molecule has 144 valence electrons. The number of amides is 2. The van der Waals surface area contributed by atoms with Gasteiger partial charge in [0.1, 0.15) is 23.1 Å². The molecule has 27 heavy (non-hydrogen) atoms. The third-order valence-corrected chi connectivity index (χ3v) is 3.89. The summed E-state index contributed by atoms with van der Waals surface area (Å²) in [6.45, 7) is 4.99. The summed E-state index contributed by atoms with van der Waals surface area (Å²) in [6.07, 6.45) is 0.304. The van der Waals surface area contributed by atoms with E-state index in [2.05, 4.69) is 15.8 Å². The number of aliphatic carboxylic acids is 1. The lowest BCUT2D eigenvalue weighted by atomic mass is 10.0. The molecule has 0 saturated carbocycles. The van der Waals surface area contributed by atoms with Gasteiger partial charge in [-0.05, 0) is 19.3 Å². The second-order valence-corrected chi connectivity index (χ2v) is 6.60. The summed E-state index contributed by atoms with van der Waals surface area (Å²) in [7, 11) is 0. The number of carbonyl (C=O) groups is 3. The summed E-state index contributed by atoms with van der Waals surface area (Å²) in [5.74, 6) is -1.76. The van der Waals surface area contributed by atoms with Crippen molar-refractivity contribution < 1.29 is 24.0 Å². The van der Waals surface area contributed by atoms with Crippen LogP contribution in [0.2, 0.25) is 0 Å². The Morgan fingerprint density at radius 3 is 2.44 bits per heavy atom. The van der Waals surface area contributed by atoms with E-state index in [1.165, 1.54) is 0 Å². The third-order valence-electron chi connectivity index (χ3n) is 3.89. The Balaban J connectivity index is 2.03. The molecule has 1 aromatic carbocycles. The smallest absolute Gasteiger partial charge is 0.326 e. The number of carboxylic acids is 1. The van der Waals surface area contributed by atoms with Crippen LogP contribution in [0, 0.1) is 12.8 Å². The van der Waals surface area contributed by atoms with Gasteiger partial charge in [-0.3, -0.25) is 9.59 Å². The molecular formula is C19H23N3O5. The van der Waals surface area contributed by atoms with Crippen LogP contribution in [-0.2, 0) is 9.59 Å². The van der Waals surface area contributed by atoms with Crippen LogP contribution in [-0.4, -0.2) is 40.6 Å². The lowest BCUT2D eigenvalue weighted by molar-refractivity contribution is -0.142. The largest absolute Gasteiger partial charge is 0.480 e. The highest BCUT2D eigenvalue weighted by Gasteiger charge is 2.24. The Morgan fingerprint density at radius 1 is 1.19 bits per heavy atom. The minimum atomic E-state index is -1.11. The summed E-state index contributed by atoms with van der Waals surface area (Å²) in [6, 6.07) is 8.07. The molecule has 0 radical (unpaired) electrons. The van der Waals surface area contributed by atoms with Crippen molar-refractivity contribution in [2.24, 2.45) is 5.92 Å². The summed E-state index contributed by atoms with van der Waals surface area (Å²) in [5.41, 5.74) is 1.34. The molecule has 0 spiro atoms. The highest BCUT2D eigenvalue weighted by Crippen LogP contribution is 2.24. The third kappa shape index (κ3) is 5.40. The van der Waals surface area contributed by atoms with Gasteiger partial charge in [0.05, 0.1) is 6.54 Å². The van der Waals surface area contributed by atoms with E-state index in [4.69, 9.17) is 4.52 Å². The Labute approximate surface area is 156 Å². The van der Waals surface area contributed by atoms with E-state index in [9.17, 15) is 19.5 Å². The van der Waals surface area contributed by atoms with Gasteiger partial charge in [0.15, 0.2) is 0 Å². The first kappa shape index (κ1) is 20.2. The molecular weight excluding hydrogens is 350 g/mol. The zero-order valence-corrected chi connectivity index (χ0v) is 15.5. The molecule has 3 N–H and O–H groups in total.